The van der Waals surface area contributed by atoms with Crippen LogP contribution in [0.4, 0.5) is 11.4 Å². The van der Waals surface area contributed by atoms with Gasteiger partial charge in [0, 0.05) is 69.4 Å². The predicted molar refractivity (Wildman–Crippen MR) is 255 cm³/mol. The first kappa shape index (κ1) is 48.1. The van der Waals surface area contributed by atoms with Crippen LogP contribution in [0.15, 0.2) is 57.5 Å². The Bertz CT molecular complexity index is 2030. The van der Waals surface area contributed by atoms with Gasteiger partial charge in [-0.25, -0.2) is 4.99 Å². The van der Waals surface area contributed by atoms with E-state index in [0.717, 1.165) is 106 Å². The van der Waals surface area contributed by atoms with Gasteiger partial charge in [0.2, 0.25) is 17.6 Å². The van der Waals surface area contributed by atoms with E-state index < -0.39 is 0 Å². The number of hydrogen-bond donors (Lipinski definition) is 2. The second-order valence-corrected chi connectivity index (χ2v) is 20.4. The molecule has 0 radical (unpaired) electrons. The molecule has 1 aromatic carbocycles. The number of unbranched alkanes of at least 4 members (excludes halogenated alkanes) is 8. The zero-order valence-corrected chi connectivity index (χ0v) is 40.6. The van der Waals surface area contributed by atoms with Crippen LogP contribution in [0.3, 0.4) is 0 Å². The van der Waals surface area contributed by atoms with Crippen LogP contribution in [0.2, 0.25) is 0 Å². The summed E-state index contributed by atoms with van der Waals surface area (Å²) in [6.45, 7) is 31.3. The smallest absolute Gasteiger partial charge is 0.246 e. The number of carbonyl (C=O) groups is 3. The SMILES string of the molecule is CCCCCCCC(=O)N=C1C=C2C(=CC1=C1C(=O)C(c3cc4c(cc3NC(=O)CCCCCCC)N(C(C)C)C(C)(CCC)C4(C)C)=C1O)C(C)(C)C(C)(CC)N2C(C)C. The molecule has 8 heteroatoms. The number of rotatable bonds is 19. The van der Waals surface area contributed by atoms with Gasteiger partial charge in [-0.2, -0.15) is 0 Å². The zero-order valence-electron chi connectivity index (χ0n) is 40.6. The predicted octanol–water partition coefficient (Wildman–Crippen LogP) is 13.3. The minimum Gasteiger partial charge on any atom is -0.506 e. The minimum absolute atomic E-state index is 0.0951. The number of aliphatic hydroxyl groups excluding tert-OH is 1. The van der Waals surface area contributed by atoms with Crippen LogP contribution >= 0.6 is 0 Å². The summed E-state index contributed by atoms with van der Waals surface area (Å²) in [6.07, 6.45) is 17.9. The molecule has 336 valence electrons. The number of ketones is 1. The largest absolute Gasteiger partial charge is 0.506 e. The summed E-state index contributed by atoms with van der Waals surface area (Å²) in [5.74, 6) is -0.738. The molecule has 0 aromatic heterocycles. The molecule has 61 heavy (non-hydrogen) atoms. The van der Waals surface area contributed by atoms with Gasteiger partial charge in [0.05, 0.1) is 22.5 Å². The number of hydrogen-bond acceptors (Lipinski definition) is 6. The Morgan fingerprint density at radius 1 is 0.721 bits per heavy atom. The molecule has 2 amide bonds. The standard InChI is InChI=1S/C53H80N4O4/c1-15-19-21-23-25-27-44(58)54-40-32-42-38(50(9,10)52(13,18-4)56(42)34(5)6)30-36(40)46-48(60)47(49(46)61)37-31-39-43(33-41(37)55-45(59)28-26-24-22-20-16-2)57(35(7)8)53(14,29-17-3)51(39,11)12/h30-35,60H,15-29H2,1-14H3,(H,55,59). The van der Waals surface area contributed by atoms with E-state index in [9.17, 15) is 19.5 Å². The quantitative estimate of drug-likeness (QED) is 0.106. The molecule has 2 aliphatic heterocycles. The first-order valence-electron chi connectivity index (χ1n) is 24.1. The number of Topliss-reactive ketones (excluding diaryl/α,β-unsaturated/α-hetero) is 1. The average molecular weight is 837 g/mol. The number of aliphatic hydroxyl groups is 1. The van der Waals surface area contributed by atoms with Gasteiger partial charge >= 0.3 is 0 Å². The van der Waals surface area contributed by atoms with Crippen LogP contribution < -0.4 is 10.2 Å². The van der Waals surface area contributed by atoms with E-state index in [4.69, 9.17) is 4.99 Å². The van der Waals surface area contributed by atoms with Gasteiger partial charge in [-0.05, 0) is 103 Å². The lowest BCUT2D eigenvalue weighted by molar-refractivity contribution is -0.118. The summed E-state index contributed by atoms with van der Waals surface area (Å²) < 4.78 is 0. The summed E-state index contributed by atoms with van der Waals surface area (Å²) in [6, 6.07) is 4.48. The molecule has 2 heterocycles. The monoisotopic (exact) mass is 837 g/mol. The van der Waals surface area contributed by atoms with E-state index in [1.807, 2.05) is 12.2 Å². The Balaban J connectivity index is 1.71. The van der Waals surface area contributed by atoms with Crippen molar-refractivity contribution in [3.05, 3.63) is 63.6 Å². The van der Waals surface area contributed by atoms with Gasteiger partial charge in [-0.1, -0.05) is 113 Å². The van der Waals surface area contributed by atoms with Gasteiger partial charge in [0.15, 0.2) is 0 Å². The molecule has 1 saturated heterocycles. The molecule has 2 atom stereocenters. The molecule has 8 nitrogen and oxygen atoms in total. The van der Waals surface area contributed by atoms with Gasteiger partial charge in [0.1, 0.15) is 5.76 Å². The highest BCUT2D eigenvalue weighted by molar-refractivity contribution is 6.42. The van der Waals surface area contributed by atoms with E-state index in [-0.39, 0.29) is 68.5 Å². The maximum atomic E-state index is 15.0. The molecular formula is C53H80N4O4. The van der Waals surface area contributed by atoms with E-state index in [1.165, 1.54) is 0 Å². The summed E-state index contributed by atoms with van der Waals surface area (Å²) in [4.78, 5) is 52.0. The van der Waals surface area contributed by atoms with Crippen molar-refractivity contribution in [2.24, 2.45) is 10.4 Å². The molecule has 0 bridgehead atoms. The molecule has 1 fully saturated rings. The maximum absolute atomic E-state index is 15.0. The summed E-state index contributed by atoms with van der Waals surface area (Å²) in [5.41, 5.74) is 5.51. The summed E-state index contributed by atoms with van der Waals surface area (Å²) >= 11 is 0. The van der Waals surface area contributed by atoms with Crippen LogP contribution in [-0.4, -0.2) is 56.5 Å². The third-order valence-corrected chi connectivity index (χ3v) is 15.3. The number of anilines is 2. The Morgan fingerprint density at radius 3 is 1.85 bits per heavy atom. The third kappa shape index (κ3) is 8.47. The van der Waals surface area contributed by atoms with Crippen LogP contribution in [0, 0.1) is 5.41 Å². The Morgan fingerprint density at radius 2 is 1.31 bits per heavy atom. The maximum Gasteiger partial charge on any atom is 0.246 e. The van der Waals surface area contributed by atoms with Crippen molar-refractivity contribution in [1.29, 1.82) is 0 Å². The lowest BCUT2D eigenvalue weighted by Crippen LogP contribution is -2.55. The first-order valence-corrected chi connectivity index (χ1v) is 24.1. The van der Waals surface area contributed by atoms with Crippen molar-refractivity contribution < 1.29 is 19.5 Å². The van der Waals surface area contributed by atoms with Crippen molar-refractivity contribution in [3.8, 4) is 0 Å². The number of amides is 2. The molecule has 0 spiro atoms. The highest BCUT2D eigenvalue weighted by atomic mass is 16.3. The van der Waals surface area contributed by atoms with Crippen LogP contribution in [0.1, 0.15) is 204 Å². The van der Waals surface area contributed by atoms with Gasteiger partial charge in [0.25, 0.3) is 0 Å². The number of nitrogens with zero attached hydrogens (tertiary/aromatic N) is 3. The van der Waals surface area contributed by atoms with Crippen LogP contribution in [-0.2, 0) is 19.8 Å². The molecule has 1 aromatic rings. The molecular weight excluding hydrogens is 757 g/mol. The van der Waals surface area contributed by atoms with Crippen molar-refractivity contribution in [2.75, 3.05) is 10.2 Å². The fourth-order valence-electron chi connectivity index (χ4n) is 11.2. The highest BCUT2D eigenvalue weighted by Gasteiger charge is 2.57. The fourth-order valence-corrected chi connectivity index (χ4v) is 11.2. The Kier molecular flexibility index (Phi) is 14.8. The van der Waals surface area contributed by atoms with Crippen molar-refractivity contribution in [3.63, 3.8) is 0 Å². The average Bonchev–Trinajstić information content (AvgIpc) is 3.46. The number of benzene rings is 1. The number of carbonyl (C=O) groups excluding carboxylic acids is 3. The normalized spacial score (nSPS) is 24.7. The molecule has 0 saturated carbocycles. The number of aliphatic imine (C=N–C) groups is 1. The zero-order chi connectivity index (χ0) is 45.2. The van der Waals surface area contributed by atoms with E-state index >= 15 is 0 Å². The molecule has 5 rings (SSSR count). The molecule has 4 aliphatic rings. The number of likely N-dealkylation sites (tertiary alicyclic amines) is 1. The summed E-state index contributed by atoms with van der Waals surface area (Å²) in [5, 5.41) is 15.6. The number of allylic oxidation sites excluding steroid dienone is 6. The van der Waals surface area contributed by atoms with Gasteiger partial charge in [-0.3, -0.25) is 14.4 Å². The van der Waals surface area contributed by atoms with Crippen molar-refractivity contribution in [1.82, 2.24) is 4.90 Å². The lowest BCUT2D eigenvalue weighted by Gasteiger charge is -2.47. The van der Waals surface area contributed by atoms with Crippen LogP contribution in [0.5, 0.6) is 0 Å². The number of fused-ring (bicyclic) bond motifs is 2. The van der Waals surface area contributed by atoms with Gasteiger partial charge in [-0.15, -0.1) is 0 Å². The highest BCUT2D eigenvalue weighted by Crippen LogP contribution is 2.59. The fraction of sp³-hybridized carbons (Fsp3) is 0.660. The second kappa shape index (κ2) is 18.8. The van der Waals surface area contributed by atoms with E-state index in [1.54, 1.807) is 0 Å². The van der Waals surface area contributed by atoms with E-state index in [0.29, 0.717) is 35.4 Å². The number of nitrogens with one attached hydrogen (secondary N) is 1. The van der Waals surface area contributed by atoms with Gasteiger partial charge < -0.3 is 20.2 Å². The summed E-state index contributed by atoms with van der Waals surface area (Å²) in [7, 11) is 0. The van der Waals surface area contributed by atoms with Crippen LogP contribution in [0.25, 0.3) is 5.57 Å². The topological polar surface area (TPSA) is 102 Å². The van der Waals surface area contributed by atoms with Crippen molar-refractivity contribution in [2.45, 2.75) is 222 Å². The third-order valence-electron chi connectivity index (χ3n) is 15.3. The molecule has 2 aliphatic carbocycles. The molecule has 2 N–H and O–H groups in total. The lowest BCUT2D eigenvalue weighted by atomic mass is 9.67. The Hall–Kier alpha value is -3.94. The second-order valence-electron chi connectivity index (χ2n) is 20.4. The molecule has 2 unspecified atom stereocenters. The minimum atomic E-state index is -0.319. The van der Waals surface area contributed by atoms with Crippen molar-refractivity contribution >= 4 is 40.3 Å². The van der Waals surface area contributed by atoms with E-state index in [2.05, 4.69) is 124 Å². The first-order chi connectivity index (χ1) is 28.7. The Labute approximate surface area is 369 Å².